The highest BCUT2D eigenvalue weighted by atomic mass is 16.4. The first-order chi connectivity index (χ1) is 4.75. The molecule has 0 aromatic rings. The third-order valence-corrected chi connectivity index (χ3v) is 1.79. The quantitative estimate of drug-likeness (QED) is 0.571. The van der Waals surface area contributed by atoms with Crippen LogP contribution in [0.2, 0.25) is 0 Å². The van der Waals surface area contributed by atoms with Crippen molar-refractivity contribution in [2.24, 2.45) is 0 Å². The zero-order chi connectivity index (χ0) is 7.56. The number of hydrogen-bond donors (Lipinski definition) is 2. The molecule has 1 aliphatic rings. The lowest BCUT2D eigenvalue weighted by molar-refractivity contribution is 0.110. The van der Waals surface area contributed by atoms with Gasteiger partial charge in [0, 0.05) is 19.6 Å². The minimum absolute atomic E-state index is 0.211. The molecule has 4 nitrogen and oxygen atoms in total. The second-order valence-electron chi connectivity index (χ2n) is 2.38. The van der Waals surface area contributed by atoms with Crippen LogP contribution >= 0.6 is 0 Å². The van der Waals surface area contributed by atoms with Gasteiger partial charge in [0.15, 0.2) is 0 Å². The number of hydrogen-bond acceptors (Lipinski definition) is 2. The van der Waals surface area contributed by atoms with Crippen molar-refractivity contribution in [3.8, 4) is 0 Å². The van der Waals surface area contributed by atoms with Gasteiger partial charge in [-0.05, 0) is 6.92 Å². The van der Waals surface area contributed by atoms with Crippen LogP contribution in [-0.2, 0) is 0 Å². The van der Waals surface area contributed by atoms with E-state index in [1.54, 1.807) is 0 Å². The Morgan fingerprint density at radius 2 is 2.40 bits per heavy atom. The van der Waals surface area contributed by atoms with Crippen molar-refractivity contribution in [2.45, 2.75) is 13.0 Å². The third kappa shape index (κ3) is 1.21. The highest BCUT2D eigenvalue weighted by molar-refractivity contribution is 5.65. The van der Waals surface area contributed by atoms with Crippen LogP contribution < -0.4 is 5.32 Å². The Labute approximate surface area is 59.8 Å². The zero-order valence-corrected chi connectivity index (χ0v) is 6.00. The Hall–Kier alpha value is -0.770. The summed E-state index contributed by atoms with van der Waals surface area (Å²) in [6, 6.07) is 0.211. The van der Waals surface area contributed by atoms with Gasteiger partial charge in [0.1, 0.15) is 0 Å². The minimum atomic E-state index is -0.811. The fourth-order valence-electron chi connectivity index (χ4n) is 1.04. The van der Waals surface area contributed by atoms with Crippen LogP contribution in [0.15, 0.2) is 0 Å². The maximum absolute atomic E-state index is 10.5. The molecule has 0 radical (unpaired) electrons. The maximum Gasteiger partial charge on any atom is 0.407 e. The van der Waals surface area contributed by atoms with Crippen LogP contribution in [0.3, 0.4) is 0 Å². The van der Waals surface area contributed by atoms with Crippen molar-refractivity contribution in [3.05, 3.63) is 0 Å². The van der Waals surface area contributed by atoms with Gasteiger partial charge in [0.2, 0.25) is 0 Å². The average Bonchev–Trinajstić information content (AvgIpc) is 1.76. The summed E-state index contributed by atoms with van der Waals surface area (Å²) in [6.07, 6.45) is -0.811. The first-order valence-electron chi connectivity index (χ1n) is 3.46. The molecule has 1 heterocycles. The summed E-state index contributed by atoms with van der Waals surface area (Å²) in [7, 11) is 0. The number of carbonyl (C=O) groups is 1. The smallest absolute Gasteiger partial charge is 0.407 e. The van der Waals surface area contributed by atoms with E-state index >= 15 is 0 Å². The van der Waals surface area contributed by atoms with Crippen molar-refractivity contribution >= 4 is 6.09 Å². The molecule has 58 valence electrons. The molecule has 0 saturated carbocycles. The van der Waals surface area contributed by atoms with Crippen LogP contribution in [0.5, 0.6) is 0 Å². The molecule has 0 aromatic heterocycles. The molecule has 10 heavy (non-hydrogen) atoms. The predicted molar refractivity (Wildman–Crippen MR) is 37.1 cm³/mol. The normalized spacial score (nSPS) is 18.1. The summed E-state index contributed by atoms with van der Waals surface area (Å²) in [5, 5.41) is 11.6. The Morgan fingerprint density at radius 3 is 2.50 bits per heavy atom. The van der Waals surface area contributed by atoms with Crippen molar-refractivity contribution in [3.63, 3.8) is 0 Å². The Kier molecular flexibility index (Phi) is 2.11. The van der Waals surface area contributed by atoms with E-state index in [0.717, 1.165) is 13.1 Å². The lowest BCUT2D eigenvalue weighted by atomic mass is 10.1. The van der Waals surface area contributed by atoms with Gasteiger partial charge in [0.25, 0.3) is 0 Å². The van der Waals surface area contributed by atoms with Crippen molar-refractivity contribution in [1.82, 2.24) is 10.2 Å². The molecule has 2 N–H and O–H groups in total. The van der Waals surface area contributed by atoms with Crippen LogP contribution in [0.1, 0.15) is 6.92 Å². The van der Waals surface area contributed by atoms with Gasteiger partial charge in [-0.1, -0.05) is 0 Å². The molecular weight excluding hydrogens is 132 g/mol. The maximum atomic E-state index is 10.5. The minimum Gasteiger partial charge on any atom is -0.465 e. The van der Waals surface area contributed by atoms with E-state index in [4.69, 9.17) is 5.11 Å². The second kappa shape index (κ2) is 2.88. The molecule has 0 atom stereocenters. The summed E-state index contributed by atoms with van der Waals surface area (Å²) in [5.41, 5.74) is 0. The van der Waals surface area contributed by atoms with Crippen LogP contribution in [0.4, 0.5) is 4.79 Å². The first-order valence-corrected chi connectivity index (χ1v) is 3.46. The summed E-state index contributed by atoms with van der Waals surface area (Å²) in [6.45, 7) is 4.05. The van der Waals surface area contributed by atoms with E-state index in [1.165, 1.54) is 4.90 Å². The lowest BCUT2D eigenvalue weighted by Crippen LogP contribution is -2.58. The molecule has 0 bridgehead atoms. The van der Waals surface area contributed by atoms with E-state index in [9.17, 15) is 4.79 Å². The predicted octanol–water partition coefficient (Wildman–Crippen LogP) is -0.0419. The van der Waals surface area contributed by atoms with Gasteiger partial charge in [-0.2, -0.15) is 0 Å². The Balaban J connectivity index is 2.39. The molecule has 1 aliphatic heterocycles. The molecule has 4 heteroatoms. The SMILES string of the molecule is CCN(C(=O)O)C1CNC1. The largest absolute Gasteiger partial charge is 0.465 e. The van der Waals surface area contributed by atoms with Crippen LogP contribution in [0, 0.1) is 0 Å². The Bertz CT molecular complexity index is 134. The molecule has 1 rings (SSSR count). The van der Waals surface area contributed by atoms with E-state index in [2.05, 4.69) is 5.32 Å². The molecule has 1 saturated heterocycles. The van der Waals surface area contributed by atoms with E-state index in [0.29, 0.717) is 6.54 Å². The molecule has 0 unspecified atom stereocenters. The summed E-state index contributed by atoms with van der Waals surface area (Å²) in [5.74, 6) is 0. The highest BCUT2D eigenvalue weighted by Gasteiger charge is 2.26. The molecular formula is C6H12N2O2. The van der Waals surface area contributed by atoms with E-state index < -0.39 is 6.09 Å². The standard InChI is InChI=1S/C6H12N2O2/c1-2-8(6(9)10)5-3-7-4-5/h5,7H,2-4H2,1H3,(H,9,10). The number of amides is 1. The van der Waals surface area contributed by atoms with Crippen LogP contribution in [0.25, 0.3) is 0 Å². The summed E-state index contributed by atoms with van der Waals surface area (Å²) >= 11 is 0. The van der Waals surface area contributed by atoms with Gasteiger partial charge in [-0.3, -0.25) is 0 Å². The van der Waals surface area contributed by atoms with Crippen molar-refractivity contribution in [2.75, 3.05) is 19.6 Å². The fourth-order valence-corrected chi connectivity index (χ4v) is 1.04. The molecule has 1 amide bonds. The number of nitrogens with one attached hydrogen (secondary N) is 1. The molecule has 1 fully saturated rings. The van der Waals surface area contributed by atoms with Crippen LogP contribution in [-0.4, -0.2) is 41.8 Å². The van der Waals surface area contributed by atoms with Gasteiger partial charge in [-0.15, -0.1) is 0 Å². The Morgan fingerprint density at radius 1 is 1.80 bits per heavy atom. The first kappa shape index (κ1) is 7.34. The zero-order valence-electron chi connectivity index (χ0n) is 6.00. The van der Waals surface area contributed by atoms with E-state index in [1.807, 2.05) is 6.92 Å². The van der Waals surface area contributed by atoms with E-state index in [-0.39, 0.29) is 6.04 Å². The molecule has 0 spiro atoms. The van der Waals surface area contributed by atoms with Gasteiger partial charge >= 0.3 is 6.09 Å². The topological polar surface area (TPSA) is 52.6 Å². The summed E-state index contributed by atoms with van der Waals surface area (Å²) < 4.78 is 0. The van der Waals surface area contributed by atoms with Crippen molar-refractivity contribution in [1.29, 1.82) is 0 Å². The van der Waals surface area contributed by atoms with Gasteiger partial charge in [0.05, 0.1) is 6.04 Å². The number of rotatable bonds is 2. The molecule has 0 aromatic carbocycles. The van der Waals surface area contributed by atoms with Gasteiger partial charge < -0.3 is 15.3 Å². The third-order valence-electron chi connectivity index (χ3n) is 1.79. The van der Waals surface area contributed by atoms with Gasteiger partial charge in [-0.25, -0.2) is 4.79 Å². The average molecular weight is 144 g/mol. The fraction of sp³-hybridized carbons (Fsp3) is 0.833. The summed E-state index contributed by atoms with van der Waals surface area (Å²) in [4.78, 5) is 11.9. The highest BCUT2D eigenvalue weighted by Crippen LogP contribution is 2.03. The lowest BCUT2D eigenvalue weighted by Gasteiger charge is -2.35. The number of carboxylic acid groups (broad SMARTS) is 1. The number of nitrogens with zero attached hydrogens (tertiary/aromatic N) is 1. The second-order valence-corrected chi connectivity index (χ2v) is 2.38. The number of likely N-dealkylation sites (N-methyl/N-ethyl adjacent to an activating group) is 1. The molecule has 0 aliphatic carbocycles. The van der Waals surface area contributed by atoms with Crippen molar-refractivity contribution < 1.29 is 9.90 Å². The monoisotopic (exact) mass is 144 g/mol.